The molecule has 2 aromatic carbocycles. The standard InChI is InChI=1S/C15H13N3O3/c16-13(19)9-3-1-8(2-4-9)12-7-10(14(17)20)5-6-11(12)15(18)21/h1-7H,(H2,16,19)(H2,17,20)(H2,18,21). The van der Waals surface area contributed by atoms with Crippen molar-refractivity contribution in [2.45, 2.75) is 0 Å². The van der Waals surface area contributed by atoms with Crippen LogP contribution in [0.15, 0.2) is 42.5 Å². The van der Waals surface area contributed by atoms with E-state index >= 15 is 0 Å². The van der Waals surface area contributed by atoms with Crippen LogP contribution in [0.4, 0.5) is 0 Å². The fraction of sp³-hybridized carbons (Fsp3) is 0. The molecule has 0 aromatic heterocycles. The minimum Gasteiger partial charge on any atom is -0.366 e. The van der Waals surface area contributed by atoms with Gasteiger partial charge in [0, 0.05) is 16.7 Å². The van der Waals surface area contributed by atoms with Crippen LogP contribution < -0.4 is 17.2 Å². The Morgan fingerprint density at radius 1 is 0.667 bits per heavy atom. The van der Waals surface area contributed by atoms with Crippen molar-refractivity contribution in [3.05, 3.63) is 59.2 Å². The summed E-state index contributed by atoms with van der Waals surface area (Å²) in [4.78, 5) is 33.8. The normalized spacial score (nSPS) is 10.1. The van der Waals surface area contributed by atoms with Crippen LogP contribution in [0.5, 0.6) is 0 Å². The maximum absolute atomic E-state index is 11.5. The summed E-state index contributed by atoms with van der Waals surface area (Å²) in [5, 5.41) is 0. The lowest BCUT2D eigenvalue weighted by molar-refractivity contribution is 0.0989. The molecule has 6 N–H and O–H groups in total. The number of benzene rings is 2. The largest absolute Gasteiger partial charge is 0.366 e. The number of hydrogen-bond donors (Lipinski definition) is 3. The minimum atomic E-state index is -0.625. The summed E-state index contributed by atoms with van der Waals surface area (Å²) in [6, 6.07) is 10.7. The molecule has 0 aliphatic rings. The number of hydrogen-bond acceptors (Lipinski definition) is 3. The van der Waals surface area contributed by atoms with Gasteiger partial charge in [0.05, 0.1) is 0 Å². The molecule has 3 amide bonds. The van der Waals surface area contributed by atoms with Crippen molar-refractivity contribution in [3.63, 3.8) is 0 Å². The molecule has 6 nitrogen and oxygen atoms in total. The van der Waals surface area contributed by atoms with Crippen LogP contribution in [0, 0.1) is 0 Å². The van der Waals surface area contributed by atoms with E-state index in [1.165, 1.54) is 30.3 Å². The van der Waals surface area contributed by atoms with Gasteiger partial charge in [-0.2, -0.15) is 0 Å². The average molecular weight is 283 g/mol. The van der Waals surface area contributed by atoms with Crippen LogP contribution in [0.1, 0.15) is 31.1 Å². The molecule has 0 saturated heterocycles. The first-order valence-electron chi connectivity index (χ1n) is 6.04. The zero-order valence-corrected chi connectivity index (χ0v) is 11.0. The van der Waals surface area contributed by atoms with Gasteiger partial charge >= 0.3 is 0 Å². The van der Waals surface area contributed by atoms with Gasteiger partial charge in [-0.05, 0) is 41.5 Å². The van der Waals surface area contributed by atoms with E-state index in [0.717, 1.165) is 0 Å². The Morgan fingerprint density at radius 3 is 1.67 bits per heavy atom. The number of carbonyl (C=O) groups excluding carboxylic acids is 3. The SMILES string of the molecule is NC(=O)c1ccc(-c2cc(C(N)=O)ccc2C(N)=O)cc1. The summed E-state index contributed by atoms with van der Waals surface area (Å²) < 4.78 is 0. The van der Waals surface area contributed by atoms with Crippen molar-refractivity contribution in [3.8, 4) is 11.1 Å². The summed E-state index contributed by atoms with van der Waals surface area (Å²) in [6.45, 7) is 0. The third kappa shape index (κ3) is 2.89. The van der Waals surface area contributed by atoms with Crippen molar-refractivity contribution in [1.29, 1.82) is 0 Å². The lowest BCUT2D eigenvalue weighted by Gasteiger charge is -2.09. The molecule has 0 radical (unpaired) electrons. The predicted octanol–water partition coefficient (Wildman–Crippen LogP) is 0.650. The zero-order valence-electron chi connectivity index (χ0n) is 11.0. The molecule has 21 heavy (non-hydrogen) atoms. The highest BCUT2D eigenvalue weighted by Gasteiger charge is 2.13. The maximum Gasteiger partial charge on any atom is 0.249 e. The lowest BCUT2D eigenvalue weighted by Crippen LogP contribution is -2.15. The van der Waals surface area contributed by atoms with Crippen LogP contribution in [0.3, 0.4) is 0 Å². The molecule has 2 rings (SSSR count). The van der Waals surface area contributed by atoms with Gasteiger partial charge in [0.2, 0.25) is 17.7 Å². The van der Waals surface area contributed by atoms with Crippen molar-refractivity contribution in [2.75, 3.05) is 0 Å². The van der Waals surface area contributed by atoms with Gasteiger partial charge in [0.25, 0.3) is 0 Å². The second-order valence-electron chi connectivity index (χ2n) is 4.43. The van der Waals surface area contributed by atoms with E-state index in [4.69, 9.17) is 17.2 Å². The van der Waals surface area contributed by atoms with Crippen molar-refractivity contribution < 1.29 is 14.4 Å². The Kier molecular flexibility index (Phi) is 3.71. The fourth-order valence-corrected chi connectivity index (χ4v) is 1.97. The van der Waals surface area contributed by atoms with E-state index < -0.39 is 17.7 Å². The molecular formula is C15H13N3O3. The first-order chi connectivity index (χ1) is 9.90. The highest BCUT2D eigenvalue weighted by Crippen LogP contribution is 2.25. The first kappa shape index (κ1) is 14.3. The summed E-state index contributed by atoms with van der Waals surface area (Å²) in [5.74, 6) is -1.79. The molecule has 6 heteroatoms. The molecular weight excluding hydrogens is 270 g/mol. The molecule has 2 aromatic rings. The summed E-state index contributed by atoms with van der Waals surface area (Å²) >= 11 is 0. The van der Waals surface area contributed by atoms with E-state index in [1.54, 1.807) is 12.1 Å². The van der Waals surface area contributed by atoms with Crippen LogP contribution in [0.25, 0.3) is 11.1 Å². The predicted molar refractivity (Wildman–Crippen MR) is 77.4 cm³/mol. The van der Waals surface area contributed by atoms with Gasteiger partial charge in [-0.25, -0.2) is 0 Å². The minimum absolute atomic E-state index is 0.256. The highest BCUT2D eigenvalue weighted by atomic mass is 16.2. The van der Waals surface area contributed by atoms with Crippen LogP contribution >= 0.6 is 0 Å². The Bertz CT molecular complexity index is 736. The molecule has 0 unspecified atom stereocenters. The summed E-state index contributed by atoms with van der Waals surface area (Å²) in [7, 11) is 0. The molecule has 0 atom stereocenters. The lowest BCUT2D eigenvalue weighted by atomic mass is 9.96. The van der Waals surface area contributed by atoms with Crippen molar-refractivity contribution >= 4 is 17.7 Å². The molecule has 106 valence electrons. The summed E-state index contributed by atoms with van der Waals surface area (Å²) in [6.07, 6.45) is 0. The highest BCUT2D eigenvalue weighted by molar-refractivity contribution is 6.03. The van der Waals surface area contributed by atoms with Crippen molar-refractivity contribution in [1.82, 2.24) is 0 Å². The van der Waals surface area contributed by atoms with Crippen LogP contribution in [-0.4, -0.2) is 17.7 Å². The van der Waals surface area contributed by atoms with E-state index in [2.05, 4.69) is 0 Å². The summed E-state index contributed by atoms with van der Waals surface area (Å²) in [5.41, 5.74) is 17.7. The van der Waals surface area contributed by atoms with Gasteiger partial charge in [-0.15, -0.1) is 0 Å². The monoisotopic (exact) mass is 283 g/mol. The second kappa shape index (κ2) is 5.46. The maximum atomic E-state index is 11.5. The van der Waals surface area contributed by atoms with Gasteiger partial charge in [-0.1, -0.05) is 12.1 Å². The smallest absolute Gasteiger partial charge is 0.249 e. The van der Waals surface area contributed by atoms with E-state index in [-0.39, 0.29) is 11.1 Å². The molecule has 0 bridgehead atoms. The zero-order chi connectivity index (χ0) is 15.6. The molecule has 0 spiro atoms. The Labute approximate surface area is 120 Å². The van der Waals surface area contributed by atoms with Gasteiger partial charge in [-0.3, -0.25) is 14.4 Å². The first-order valence-corrected chi connectivity index (χ1v) is 6.04. The topological polar surface area (TPSA) is 129 Å². The van der Waals surface area contributed by atoms with Gasteiger partial charge in [0.1, 0.15) is 0 Å². The molecule has 0 saturated carbocycles. The number of nitrogens with two attached hydrogens (primary N) is 3. The Morgan fingerprint density at radius 2 is 1.19 bits per heavy atom. The van der Waals surface area contributed by atoms with Gasteiger partial charge in [0.15, 0.2) is 0 Å². The number of primary amides is 3. The van der Waals surface area contributed by atoms with Gasteiger partial charge < -0.3 is 17.2 Å². The van der Waals surface area contributed by atoms with E-state index in [0.29, 0.717) is 16.7 Å². The Balaban J connectivity index is 2.59. The van der Waals surface area contributed by atoms with Crippen molar-refractivity contribution in [2.24, 2.45) is 17.2 Å². The number of rotatable bonds is 4. The van der Waals surface area contributed by atoms with Crippen LogP contribution in [-0.2, 0) is 0 Å². The fourth-order valence-electron chi connectivity index (χ4n) is 1.97. The second-order valence-corrected chi connectivity index (χ2v) is 4.43. The third-order valence-electron chi connectivity index (χ3n) is 3.05. The molecule has 0 heterocycles. The molecule has 0 aliphatic carbocycles. The number of carbonyl (C=O) groups is 3. The third-order valence-corrected chi connectivity index (χ3v) is 3.05. The van der Waals surface area contributed by atoms with E-state index in [1.807, 2.05) is 0 Å². The molecule has 0 fully saturated rings. The van der Waals surface area contributed by atoms with E-state index in [9.17, 15) is 14.4 Å². The number of amides is 3. The van der Waals surface area contributed by atoms with Crippen LogP contribution in [0.2, 0.25) is 0 Å². The Hall–Kier alpha value is -3.15. The average Bonchev–Trinajstić information content (AvgIpc) is 2.46. The quantitative estimate of drug-likeness (QED) is 0.761. The molecule has 0 aliphatic heterocycles.